The van der Waals surface area contributed by atoms with Crippen molar-refractivity contribution in [3.63, 3.8) is 0 Å². The molecule has 2 nitrogen and oxygen atoms in total. The minimum absolute atomic E-state index is 0.279. The number of hydrogen-bond donors (Lipinski definition) is 1. The van der Waals surface area contributed by atoms with Gasteiger partial charge in [0, 0.05) is 0 Å². The summed E-state index contributed by atoms with van der Waals surface area (Å²) >= 11 is 0. The zero-order valence-corrected chi connectivity index (χ0v) is 11.0. The predicted octanol–water partition coefficient (Wildman–Crippen LogP) is 2.99. The molecule has 90 valence electrons. The summed E-state index contributed by atoms with van der Waals surface area (Å²) in [4.78, 5) is 0. The van der Waals surface area contributed by atoms with Crippen LogP contribution in [0.5, 0.6) is 0 Å². The third-order valence-electron chi connectivity index (χ3n) is 2.59. The van der Waals surface area contributed by atoms with Gasteiger partial charge in [-0.3, -0.25) is 0 Å². The molecule has 0 spiro atoms. The van der Waals surface area contributed by atoms with E-state index in [0.29, 0.717) is 0 Å². The Morgan fingerprint density at radius 2 is 1.69 bits per heavy atom. The summed E-state index contributed by atoms with van der Waals surface area (Å²) in [6.07, 6.45) is 0.279. The van der Waals surface area contributed by atoms with Gasteiger partial charge in [-0.2, -0.15) is 0 Å². The van der Waals surface area contributed by atoms with Crippen LogP contribution in [0.25, 0.3) is 0 Å². The van der Waals surface area contributed by atoms with Gasteiger partial charge in [-0.1, -0.05) is 29.3 Å². The van der Waals surface area contributed by atoms with Crippen molar-refractivity contribution in [3.8, 4) is 0 Å². The van der Waals surface area contributed by atoms with Crippen molar-refractivity contribution in [1.29, 1.82) is 0 Å². The van der Waals surface area contributed by atoms with Crippen LogP contribution in [0.15, 0.2) is 18.2 Å². The summed E-state index contributed by atoms with van der Waals surface area (Å²) in [5, 5.41) is 3.30. The molecule has 1 unspecified atom stereocenters. The highest BCUT2D eigenvalue weighted by Gasteiger charge is 2.10. The smallest absolute Gasteiger partial charge is 0.0664 e. The second-order valence-electron chi connectivity index (χ2n) is 4.64. The molecule has 0 aromatic heterocycles. The van der Waals surface area contributed by atoms with E-state index in [9.17, 15) is 0 Å². The van der Waals surface area contributed by atoms with Crippen LogP contribution >= 0.6 is 0 Å². The fraction of sp³-hybridized carbons (Fsp3) is 0.571. The van der Waals surface area contributed by atoms with Crippen LogP contribution in [-0.4, -0.2) is 19.8 Å². The lowest BCUT2D eigenvalue weighted by Crippen LogP contribution is -2.23. The topological polar surface area (TPSA) is 21.3 Å². The largest absolute Gasteiger partial charge is 0.377 e. The summed E-state index contributed by atoms with van der Waals surface area (Å²) in [7, 11) is 1.98. The molecule has 0 heterocycles. The molecule has 16 heavy (non-hydrogen) atoms. The molecule has 1 N–H and O–H groups in total. The normalized spacial score (nSPS) is 13.1. The van der Waals surface area contributed by atoms with Crippen molar-refractivity contribution in [2.75, 3.05) is 13.7 Å². The van der Waals surface area contributed by atoms with Crippen LogP contribution in [0.2, 0.25) is 0 Å². The molecular weight excluding hydrogens is 198 g/mol. The lowest BCUT2D eigenvalue weighted by Gasteiger charge is -2.19. The van der Waals surface area contributed by atoms with Gasteiger partial charge in [0.1, 0.15) is 0 Å². The summed E-state index contributed by atoms with van der Waals surface area (Å²) in [5.74, 6) is 0. The number of rotatable bonds is 5. The molecule has 1 rings (SSSR count). The molecular formula is C14H23NO. The van der Waals surface area contributed by atoms with Gasteiger partial charge in [0.25, 0.3) is 0 Å². The highest BCUT2D eigenvalue weighted by Crippen LogP contribution is 2.17. The number of likely N-dealkylation sites (N-methyl/N-ethyl adjacent to an activating group) is 1. The van der Waals surface area contributed by atoms with Gasteiger partial charge in [0.15, 0.2) is 0 Å². The first kappa shape index (κ1) is 13.2. The minimum Gasteiger partial charge on any atom is -0.377 e. The van der Waals surface area contributed by atoms with E-state index < -0.39 is 0 Å². The molecule has 0 aliphatic carbocycles. The molecule has 0 fully saturated rings. The molecule has 1 aromatic rings. The van der Waals surface area contributed by atoms with E-state index in [4.69, 9.17) is 4.74 Å². The van der Waals surface area contributed by atoms with Gasteiger partial charge in [-0.05, 0) is 40.3 Å². The van der Waals surface area contributed by atoms with Gasteiger partial charge in [0.05, 0.1) is 18.8 Å². The molecule has 0 bridgehead atoms. The molecule has 2 heteroatoms. The SMILES string of the molecule is CNC(COC(C)C)c1cc(C)cc(C)c1. The second kappa shape index (κ2) is 6.02. The van der Waals surface area contributed by atoms with Gasteiger partial charge in [-0.25, -0.2) is 0 Å². The zero-order chi connectivity index (χ0) is 12.1. The third-order valence-corrected chi connectivity index (χ3v) is 2.59. The Morgan fingerprint density at radius 3 is 2.12 bits per heavy atom. The number of nitrogens with one attached hydrogen (secondary N) is 1. The van der Waals surface area contributed by atoms with Crippen molar-refractivity contribution in [2.45, 2.75) is 39.8 Å². The second-order valence-corrected chi connectivity index (χ2v) is 4.64. The van der Waals surface area contributed by atoms with E-state index in [-0.39, 0.29) is 12.1 Å². The molecule has 0 aliphatic rings. The molecule has 1 aromatic carbocycles. The maximum absolute atomic E-state index is 5.67. The third kappa shape index (κ3) is 3.95. The number of ether oxygens (including phenoxy) is 1. The van der Waals surface area contributed by atoms with Crippen LogP contribution < -0.4 is 5.32 Å². The molecule has 0 amide bonds. The van der Waals surface area contributed by atoms with Crippen molar-refractivity contribution in [1.82, 2.24) is 5.32 Å². The van der Waals surface area contributed by atoms with E-state index in [2.05, 4.69) is 51.2 Å². The standard InChI is InChI=1S/C14H23NO/c1-10(2)16-9-14(15-5)13-7-11(3)6-12(4)8-13/h6-8,10,14-15H,9H2,1-5H3. The average Bonchev–Trinajstić information content (AvgIpc) is 2.16. The summed E-state index contributed by atoms with van der Waals surface area (Å²) < 4.78 is 5.67. The maximum atomic E-state index is 5.67. The quantitative estimate of drug-likeness (QED) is 0.825. The summed E-state index contributed by atoms with van der Waals surface area (Å²) in [5.41, 5.74) is 3.92. The Morgan fingerprint density at radius 1 is 1.12 bits per heavy atom. The van der Waals surface area contributed by atoms with E-state index in [1.807, 2.05) is 7.05 Å². The van der Waals surface area contributed by atoms with Crippen molar-refractivity contribution in [3.05, 3.63) is 34.9 Å². The van der Waals surface area contributed by atoms with E-state index >= 15 is 0 Å². The zero-order valence-electron chi connectivity index (χ0n) is 11.0. The molecule has 0 saturated carbocycles. The van der Waals surface area contributed by atoms with Gasteiger partial charge < -0.3 is 10.1 Å². The first-order chi connectivity index (χ1) is 7.52. The molecule has 0 saturated heterocycles. The first-order valence-corrected chi connectivity index (χ1v) is 5.90. The van der Waals surface area contributed by atoms with Crippen molar-refractivity contribution < 1.29 is 4.74 Å². The van der Waals surface area contributed by atoms with Crippen molar-refractivity contribution >= 4 is 0 Å². The van der Waals surface area contributed by atoms with Gasteiger partial charge >= 0.3 is 0 Å². The molecule has 0 radical (unpaired) electrons. The fourth-order valence-corrected chi connectivity index (χ4v) is 1.85. The van der Waals surface area contributed by atoms with Crippen LogP contribution in [0, 0.1) is 13.8 Å². The monoisotopic (exact) mass is 221 g/mol. The summed E-state index contributed by atoms with van der Waals surface area (Å²) in [6.45, 7) is 9.11. The fourth-order valence-electron chi connectivity index (χ4n) is 1.85. The molecule has 0 aliphatic heterocycles. The predicted molar refractivity (Wildman–Crippen MR) is 68.8 cm³/mol. The van der Waals surface area contributed by atoms with Crippen LogP contribution in [0.1, 0.15) is 36.6 Å². The lowest BCUT2D eigenvalue weighted by molar-refractivity contribution is 0.0626. The Balaban J connectivity index is 2.78. The Bertz CT molecular complexity index is 313. The van der Waals surface area contributed by atoms with Crippen LogP contribution in [-0.2, 0) is 4.74 Å². The Hall–Kier alpha value is -0.860. The van der Waals surface area contributed by atoms with E-state index in [0.717, 1.165) is 6.61 Å². The average molecular weight is 221 g/mol. The van der Waals surface area contributed by atoms with E-state index in [1.54, 1.807) is 0 Å². The minimum atomic E-state index is 0.279. The summed E-state index contributed by atoms with van der Waals surface area (Å²) in [6, 6.07) is 6.91. The first-order valence-electron chi connectivity index (χ1n) is 5.90. The van der Waals surface area contributed by atoms with Crippen LogP contribution in [0.3, 0.4) is 0 Å². The Kier molecular flexibility index (Phi) is 4.97. The van der Waals surface area contributed by atoms with Crippen LogP contribution in [0.4, 0.5) is 0 Å². The lowest BCUT2D eigenvalue weighted by atomic mass is 10.0. The van der Waals surface area contributed by atoms with Crippen molar-refractivity contribution in [2.24, 2.45) is 0 Å². The maximum Gasteiger partial charge on any atom is 0.0664 e. The number of aryl methyl sites for hydroxylation is 2. The van der Waals surface area contributed by atoms with E-state index in [1.165, 1.54) is 16.7 Å². The van der Waals surface area contributed by atoms with Gasteiger partial charge in [0.2, 0.25) is 0 Å². The van der Waals surface area contributed by atoms with Gasteiger partial charge in [-0.15, -0.1) is 0 Å². The molecule has 1 atom stereocenters. The number of hydrogen-bond acceptors (Lipinski definition) is 2. The highest BCUT2D eigenvalue weighted by molar-refractivity contribution is 5.30. The highest BCUT2D eigenvalue weighted by atomic mass is 16.5. The Labute approximate surface area is 99.0 Å². The number of benzene rings is 1.